The van der Waals surface area contributed by atoms with Crippen LogP contribution in [0.25, 0.3) is 0 Å². The van der Waals surface area contributed by atoms with Gasteiger partial charge in [0, 0.05) is 24.4 Å². The smallest absolute Gasteiger partial charge is 0.132 e. The molecule has 1 aromatic heterocycles. The van der Waals surface area contributed by atoms with E-state index in [1.54, 1.807) is 19.4 Å². The molecule has 3 nitrogen and oxygen atoms in total. The average Bonchev–Trinajstić information content (AvgIpc) is 2.32. The van der Waals surface area contributed by atoms with Crippen LogP contribution >= 0.6 is 0 Å². The van der Waals surface area contributed by atoms with E-state index in [2.05, 4.69) is 4.98 Å². The van der Waals surface area contributed by atoms with Gasteiger partial charge < -0.3 is 4.57 Å². The van der Waals surface area contributed by atoms with Crippen molar-refractivity contribution in [1.29, 1.82) is 0 Å². The molecule has 0 aliphatic carbocycles. The third-order valence-corrected chi connectivity index (χ3v) is 1.88. The first-order valence-electron chi connectivity index (χ1n) is 4.00. The quantitative estimate of drug-likeness (QED) is 0.683. The van der Waals surface area contributed by atoms with Crippen molar-refractivity contribution in [1.82, 2.24) is 9.55 Å². The lowest BCUT2D eigenvalue weighted by atomic mass is 9.98. The summed E-state index contributed by atoms with van der Waals surface area (Å²) in [6.45, 7) is 5.66. The van der Waals surface area contributed by atoms with E-state index in [0.29, 0.717) is 6.42 Å². The van der Waals surface area contributed by atoms with Gasteiger partial charge in [0.05, 0.1) is 6.33 Å². The maximum Gasteiger partial charge on any atom is 0.132 e. The minimum Gasteiger partial charge on any atom is -0.331 e. The zero-order valence-corrected chi connectivity index (χ0v) is 7.74. The van der Waals surface area contributed by atoms with Gasteiger partial charge in [0.2, 0.25) is 0 Å². The molecule has 1 rings (SSSR count). The molecule has 0 unspecified atom stereocenters. The molecule has 0 aromatic carbocycles. The maximum atomic E-state index is 10.9. The Morgan fingerprint density at radius 1 is 1.58 bits per heavy atom. The molecular weight excluding hydrogens is 152 g/mol. The Bertz CT molecular complexity index is 262. The van der Waals surface area contributed by atoms with E-state index >= 15 is 0 Å². The van der Waals surface area contributed by atoms with Gasteiger partial charge in [-0.25, -0.2) is 4.98 Å². The molecule has 0 radical (unpaired) electrons. The number of hydrogen-bond acceptors (Lipinski definition) is 2. The topological polar surface area (TPSA) is 34.9 Å². The number of carbonyl (C=O) groups excluding carboxylic acids is 1. The second kappa shape index (κ2) is 3.09. The molecule has 0 N–H and O–H groups in total. The van der Waals surface area contributed by atoms with Gasteiger partial charge in [-0.05, 0) is 20.8 Å². The number of Topliss-reactive ketones (excluding diaryl/α,β-unsaturated/α-hetero) is 1. The first-order valence-corrected chi connectivity index (χ1v) is 4.00. The van der Waals surface area contributed by atoms with Crippen LogP contribution in [0.1, 0.15) is 27.2 Å². The average molecular weight is 166 g/mol. The fourth-order valence-electron chi connectivity index (χ4n) is 1.32. The van der Waals surface area contributed by atoms with E-state index in [9.17, 15) is 4.79 Å². The summed E-state index contributed by atoms with van der Waals surface area (Å²) < 4.78 is 1.95. The normalized spacial score (nSPS) is 11.6. The fraction of sp³-hybridized carbons (Fsp3) is 0.556. The highest BCUT2D eigenvalue weighted by atomic mass is 16.1. The van der Waals surface area contributed by atoms with Crippen LogP contribution in [0.15, 0.2) is 18.7 Å². The summed E-state index contributed by atoms with van der Waals surface area (Å²) in [5.41, 5.74) is -0.150. The first-order chi connectivity index (χ1) is 5.52. The highest BCUT2D eigenvalue weighted by Gasteiger charge is 2.20. The van der Waals surface area contributed by atoms with E-state index < -0.39 is 0 Å². The van der Waals surface area contributed by atoms with E-state index in [4.69, 9.17) is 0 Å². The maximum absolute atomic E-state index is 10.9. The van der Waals surface area contributed by atoms with Gasteiger partial charge in [0.15, 0.2) is 0 Å². The third-order valence-electron chi connectivity index (χ3n) is 1.88. The molecule has 1 heterocycles. The number of carbonyl (C=O) groups is 1. The van der Waals surface area contributed by atoms with Gasteiger partial charge in [0.1, 0.15) is 5.78 Å². The number of imidazole rings is 1. The molecule has 1 aromatic rings. The molecule has 0 fully saturated rings. The molecule has 0 aliphatic rings. The predicted octanol–water partition coefficient (Wildman–Crippen LogP) is 1.60. The van der Waals surface area contributed by atoms with Crippen molar-refractivity contribution in [3.05, 3.63) is 18.7 Å². The molecular formula is C9H14N2O. The number of nitrogens with zero attached hydrogens (tertiary/aromatic N) is 2. The van der Waals surface area contributed by atoms with Crippen LogP contribution in [0.3, 0.4) is 0 Å². The predicted molar refractivity (Wildman–Crippen MR) is 46.8 cm³/mol. The second-order valence-electron chi connectivity index (χ2n) is 3.66. The molecule has 0 saturated heterocycles. The Kier molecular flexibility index (Phi) is 2.31. The summed E-state index contributed by atoms with van der Waals surface area (Å²) in [7, 11) is 0. The highest BCUT2D eigenvalue weighted by Crippen LogP contribution is 2.18. The van der Waals surface area contributed by atoms with Gasteiger partial charge in [-0.2, -0.15) is 0 Å². The molecule has 0 amide bonds. The van der Waals surface area contributed by atoms with Crippen molar-refractivity contribution in [2.75, 3.05) is 0 Å². The minimum atomic E-state index is -0.150. The summed E-state index contributed by atoms with van der Waals surface area (Å²) >= 11 is 0. The van der Waals surface area contributed by atoms with Crippen LogP contribution in [0.4, 0.5) is 0 Å². The summed E-state index contributed by atoms with van der Waals surface area (Å²) in [6.07, 6.45) is 5.89. The zero-order valence-electron chi connectivity index (χ0n) is 7.74. The summed E-state index contributed by atoms with van der Waals surface area (Å²) in [4.78, 5) is 14.9. The molecule has 3 heteroatoms. The van der Waals surface area contributed by atoms with Crippen molar-refractivity contribution in [3.63, 3.8) is 0 Å². The van der Waals surface area contributed by atoms with Crippen LogP contribution in [-0.4, -0.2) is 15.3 Å². The third kappa shape index (κ3) is 1.94. The number of hydrogen-bond donors (Lipinski definition) is 0. The van der Waals surface area contributed by atoms with Crippen LogP contribution in [0.2, 0.25) is 0 Å². The van der Waals surface area contributed by atoms with Crippen molar-refractivity contribution in [2.45, 2.75) is 32.7 Å². The first kappa shape index (κ1) is 8.97. The number of ketones is 1. The van der Waals surface area contributed by atoms with Gasteiger partial charge in [-0.15, -0.1) is 0 Å². The Morgan fingerprint density at radius 3 is 2.67 bits per heavy atom. The van der Waals surface area contributed by atoms with Gasteiger partial charge in [-0.1, -0.05) is 0 Å². The highest BCUT2D eigenvalue weighted by molar-refractivity contribution is 5.76. The molecule has 12 heavy (non-hydrogen) atoms. The molecule has 0 aliphatic heterocycles. The summed E-state index contributed by atoms with van der Waals surface area (Å²) in [6, 6.07) is 0. The standard InChI is InChI=1S/C9H14N2O/c1-8(12)6-9(2,3)11-5-4-10-7-11/h4-5,7H,6H2,1-3H3. The molecule has 66 valence electrons. The Labute approximate surface area is 72.4 Å². The van der Waals surface area contributed by atoms with E-state index in [-0.39, 0.29) is 11.3 Å². The molecule has 0 bridgehead atoms. The van der Waals surface area contributed by atoms with Crippen molar-refractivity contribution in [3.8, 4) is 0 Å². The Morgan fingerprint density at radius 2 is 2.25 bits per heavy atom. The fourth-order valence-corrected chi connectivity index (χ4v) is 1.32. The van der Waals surface area contributed by atoms with E-state index in [1.807, 2.05) is 24.6 Å². The van der Waals surface area contributed by atoms with E-state index in [1.165, 1.54) is 0 Å². The van der Waals surface area contributed by atoms with Crippen LogP contribution < -0.4 is 0 Å². The van der Waals surface area contributed by atoms with Crippen LogP contribution in [0.5, 0.6) is 0 Å². The second-order valence-corrected chi connectivity index (χ2v) is 3.66. The summed E-state index contributed by atoms with van der Waals surface area (Å²) in [5.74, 6) is 0.203. The van der Waals surface area contributed by atoms with Crippen LogP contribution in [-0.2, 0) is 10.3 Å². The van der Waals surface area contributed by atoms with Gasteiger partial charge >= 0.3 is 0 Å². The lowest BCUT2D eigenvalue weighted by Gasteiger charge is -2.24. The van der Waals surface area contributed by atoms with Gasteiger partial charge in [-0.3, -0.25) is 4.79 Å². The Balaban J connectivity index is 2.79. The summed E-state index contributed by atoms with van der Waals surface area (Å²) in [5, 5.41) is 0. The monoisotopic (exact) mass is 166 g/mol. The number of rotatable bonds is 3. The zero-order chi connectivity index (χ0) is 9.19. The molecule has 0 spiro atoms. The molecule has 0 saturated carbocycles. The van der Waals surface area contributed by atoms with Crippen molar-refractivity contribution >= 4 is 5.78 Å². The van der Waals surface area contributed by atoms with Crippen molar-refractivity contribution < 1.29 is 4.79 Å². The molecule has 0 atom stereocenters. The van der Waals surface area contributed by atoms with Crippen LogP contribution in [0, 0.1) is 0 Å². The SMILES string of the molecule is CC(=O)CC(C)(C)n1ccnc1. The Hall–Kier alpha value is -1.12. The van der Waals surface area contributed by atoms with E-state index in [0.717, 1.165) is 0 Å². The largest absolute Gasteiger partial charge is 0.331 e. The number of aromatic nitrogens is 2. The van der Waals surface area contributed by atoms with Gasteiger partial charge in [0.25, 0.3) is 0 Å². The minimum absolute atomic E-state index is 0.150. The lowest BCUT2D eigenvalue weighted by molar-refractivity contribution is -0.118. The lowest BCUT2D eigenvalue weighted by Crippen LogP contribution is -2.27. The van der Waals surface area contributed by atoms with Crippen molar-refractivity contribution in [2.24, 2.45) is 0 Å².